The predicted molar refractivity (Wildman–Crippen MR) is 114 cm³/mol. The van der Waals surface area contributed by atoms with Crippen LogP contribution in [0.25, 0.3) is 5.69 Å². The second-order valence-electron chi connectivity index (χ2n) is 6.83. The van der Waals surface area contributed by atoms with Crippen LogP contribution in [0, 0.1) is 0 Å². The Morgan fingerprint density at radius 1 is 0.875 bits per heavy atom. The number of tetrazole rings is 1. The molecular weight excluding hydrogens is 412 g/mol. The number of para-hydroxylation sites is 1. The van der Waals surface area contributed by atoms with Gasteiger partial charge in [-0.2, -0.15) is 0 Å². The van der Waals surface area contributed by atoms with Gasteiger partial charge in [0.05, 0.1) is 16.9 Å². The molecule has 0 aliphatic carbocycles. The molecule has 5 rings (SSSR count). The second kappa shape index (κ2) is 8.19. The fourth-order valence-corrected chi connectivity index (χ4v) is 3.23. The van der Waals surface area contributed by atoms with Gasteiger partial charge in [-0.05, 0) is 52.9 Å². The summed E-state index contributed by atoms with van der Waals surface area (Å²) in [5, 5.41) is 16.6. The Morgan fingerprint density at radius 2 is 1.75 bits per heavy atom. The first-order valence-corrected chi connectivity index (χ1v) is 9.62. The summed E-state index contributed by atoms with van der Waals surface area (Å²) in [6, 6.07) is 18.7. The van der Waals surface area contributed by atoms with Crippen LogP contribution in [0.3, 0.4) is 0 Å². The average Bonchev–Trinajstić information content (AvgIpc) is 3.51. The lowest BCUT2D eigenvalue weighted by Crippen LogP contribution is -2.18. The number of carbonyl (C=O) groups is 2. The fraction of sp³-hybridized carbons (Fsp3) is 0.0455. The number of ether oxygens (including phenoxy) is 2. The topological polar surface area (TPSA) is 120 Å². The van der Waals surface area contributed by atoms with Gasteiger partial charge in [-0.15, -0.1) is 5.10 Å². The zero-order valence-corrected chi connectivity index (χ0v) is 16.6. The van der Waals surface area contributed by atoms with Crippen LogP contribution < -0.4 is 20.1 Å². The van der Waals surface area contributed by atoms with Gasteiger partial charge in [0, 0.05) is 17.3 Å². The van der Waals surface area contributed by atoms with E-state index in [1.54, 1.807) is 66.7 Å². The second-order valence-corrected chi connectivity index (χ2v) is 6.83. The number of nitrogens with zero attached hydrogens (tertiary/aromatic N) is 4. The number of benzene rings is 3. The number of anilines is 2. The number of amides is 2. The van der Waals surface area contributed by atoms with Crippen LogP contribution in [0.5, 0.6) is 11.5 Å². The smallest absolute Gasteiger partial charge is 0.257 e. The summed E-state index contributed by atoms with van der Waals surface area (Å²) in [5.74, 6) is 0.442. The first-order valence-electron chi connectivity index (χ1n) is 9.62. The maximum Gasteiger partial charge on any atom is 0.257 e. The number of hydrogen-bond acceptors (Lipinski definition) is 7. The minimum atomic E-state index is -0.373. The summed E-state index contributed by atoms with van der Waals surface area (Å²) in [7, 11) is 0. The van der Waals surface area contributed by atoms with Crippen molar-refractivity contribution in [2.45, 2.75) is 0 Å². The van der Waals surface area contributed by atoms with E-state index in [2.05, 4.69) is 26.2 Å². The summed E-state index contributed by atoms with van der Waals surface area (Å²) >= 11 is 0. The number of carbonyl (C=O) groups excluding carboxylic acids is 2. The van der Waals surface area contributed by atoms with Crippen molar-refractivity contribution in [3.05, 3.63) is 84.2 Å². The Kier molecular flexibility index (Phi) is 4.92. The predicted octanol–water partition coefficient (Wildman–Crippen LogP) is 2.90. The molecule has 0 fully saturated rings. The third kappa shape index (κ3) is 3.84. The Balaban J connectivity index is 1.35. The zero-order valence-electron chi connectivity index (χ0n) is 16.6. The Hall–Kier alpha value is -4.73. The van der Waals surface area contributed by atoms with Gasteiger partial charge in [0.15, 0.2) is 11.5 Å². The molecule has 0 spiro atoms. The number of fused-ring (bicyclic) bond motifs is 1. The lowest BCUT2D eigenvalue weighted by Gasteiger charge is -2.12. The molecule has 0 saturated heterocycles. The minimum absolute atomic E-state index is 0.149. The van der Waals surface area contributed by atoms with Gasteiger partial charge in [0.1, 0.15) is 6.33 Å². The quantitative estimate of drug-likeness (QED) is 0.501. The van der Waals surface area contributed by atoms with Crippen molar-refractivity contribution in [1.29, 1.82) is 0 Å². The van der Waals surface area contributed by atoms with Crippen molar-refractivity contribution in [2.24, 2.45) is 0 Å². The average molecular weight is 428 g/mol. The minimum Gasteiger partial charge on any atom is -0.454 e. The highest BCUT2D eigenvalue weighted by molar-refractivity contribution is 6.12. The highest BCUT2D eigenvalue weighted by atomic mass is 16.7. The van der Waals surface area contributed by atoms with Crippen molar-refractivity contribution < 1.29 is 19.1 Å². The first-order chi connectivity index (χ1) is 15.7. The zero-order chi connectivity index (χ0) is 21.9. The SMILES string of the molecule is O=C(Nc1ccccc1C(=O)Nc1ccc2c(c1)OCO2)c1cccc(-n2cnnn2)c1. The molecule has 1 aromatic heterocycles. The normalized spacial score (nSPS) is 11.8. The molecule has 0 radical (unpaired) electrons. The molecule has 0 saturated carbocycles. The van der Waals surface area contributed by atoms with Gasteiger partial charge in [0.25, 0.3) is 11.8 Å². The summed E-state index contributed by atoms with van der Waals surface area (Å²) in [6.45, 7) is 0.149. The van der Waals surface area contributed by atoms with E-state index >= 15 is 0 Å². The summed E-state index contributed by atoms with van der Waals surface area (Å²) in [6.07, 6.45) is 1.44. The molecule has 2 amide bonds. The molecule has 2 heterocycles. The molecule has 10 nitrogen and oxygen atoms in total. The van der Waals surface area contributed by atoms with Gasteiger partial charge in [-0.3, -0.25) is 9.59 Å². The molecule has 0 unspecified atom stereocenters. The summed E-state index contributed by atoms with van der Waals surface area (Å²) in [5.41, 5.74) is 2.27. The van der Waals surface area contributed by atoms with Crippen LogP contribution in [0.2, 0.25) is 0 Å². The Bertz CT molecular complexity index is 1310. The van der Waals surface area contributed by atoms with Crippen molar-refractivity contribution in [2.75, 3.05) is 17.4 Å². The van der Waals surface area contributed by atoms with Crippen molar-refractivity contribution in [3.63, 3.8) is 0 Å². The van der Waals surface area contributed by atoms with Crippen LogP contribution in [0.4, 0.5) is 11.4 Å². The van der Waals surface area contributed by atoms with E-state index in [9.17, 15) is 9.59 Å². The molecular formula is C22H16N6O4. The lowest BCUT2D eigenvalue weighted by molar-refractivity contribution is 0.102. The molecule has 3 aromatic carbocycles. The maximum absolute atomic E-state index is 12.9. The highest BCUT2D eigenvalue weighted by Gasteiger charge is 2.17. The van der Waals surface area contributed by atoms with Gasteiger partial charge in [0.2, 0.25) is 6.79 Å². The van der Waals surface area contributed by atoms with Gasteiger partial charge in [-0.25, -0.2) is 4.68 Å². The van der Waals surface area contributed by atoms with E-state index in [1.807, 2.05) is 0 Å². The van der Waals surface area contributed by atoms with Gasteiger partial charge < -0.3 is 20.1 Å². The van der Waals surface area contributed by atoms with Crippen LogP contribution in [-0.2, 0) is 0 Å². The highest BCUT2D eigenvalue weighted by Crippen LogP contribution is 2.34. The van der Waals surface area contributed by atoms with E-state index in [0.717, 1.165) is 0 Å². The largest absolute Gasteiger partial charge is 0.454 e. The van der Waals surface area contributed by atoms with Crippen LogP contribution >= 0.6 is 0 Å². The molecule has 32 heavy (non-hydrogen) atoms. The molecule has 1 aliphatic rings. The third-order valence-electron chi connectivity index (χ3n) is 4.77. The van der Waals surface area contributed by atoms with Crippen LogP contribution in [0.15, 0.2) is 73.1 Å². The number of rotatable bonds is 5. The molecule has 158 valence electrons. The number of aromatic nitrogens is 4. The van der Waals surface area contributed by atoms with E-state index in [4.69, 9.17) is 9.47 Å². The van der Waals surface area contributed by atoms with Crippen molar-refractivity contribution in [3.8, 4) is 17.2 Å². The lowest BCUT2D eigenvalue weighted by atomic mass is 10.1. The Morgan fingerprint density at radius 3 is 2.62 bits per heavy atom. The van der Waals surface area contributed by atoms with E-state index < -0.39 is 0 Å². The maximum atomic E-state index is 12.9. The van der Waals surface area contributed by atoms with E-state index in [-0.39, 0.29) is 18.6 Å². The fourth-order valence-electron chi connectivity index (χ4n) is 3.23. The molecule has 1 aliphatic heterocycles. The van der Waals surface area contributed by atoms with Crippen molar-refractivity contribution in [1.82, 2.24) is 20.2 Å². The van der Waals surface area contributed by atoms with Gasteiger partial charge in [-0.1, -0.05) is 18.2 Å². The first kappa shape index (κ1) is 19.2. The number of hydrogen-bond donors (Lipinski definition) is 2. The summed E-state index contributed by atoms with van der Waals surface area (Å²) < 4.78 is 12.1. The monoisotopic (exact) mass is 428 g/mol. The van der Waals surface area contributed by atoms with E-state index in [1.165, 1.54) is 11.0 Å². The van der Waals surface area contributed by atoms with Crippen molar-refractivity contribution >= 4 is 23.2 Å². The summed E-state index contributed by atoms with van der Waals surface area (Å²) in [4.78, 5) is 25.8. The Labute approximate surface area is 181 Å². The molecule has 0 atom stereocenters. The van der Waals surface area contributed by atoms with Crippen LogP contribution in [-0.4, -0.2) is 38.8 Å². The molecule has 10 heteroatoms. The molecule has 4 aromatic rings. The third-order valence-corrected chi connectivity index (χ3v) is 4.77. The standard InChI is InChI=1S/C22H16N6O4/c29-21(14-4-3-5-16(10-14)28-12-23-26-27-28)25-18-7-2-1-6-17(18)22(30)24-15-8-9-19-20(11-15)32-13-31-19/h1-12H,13H2,(H,24,30)(H,25,29). The molecule has 2 N–H and O–H groups in total. The number of nitrogens with one attached hydrogen (secondary N) is 2. The van der Waals surface area contributed by atoms with Gasteiger partial charge >= 0.3 is 0 Å². The van der Waals surface area contributed by atoms with Crippen LogP contribution in [0.1, 0.15) is 20.7 Å². The van der Waals surface area contributed by atoms with E-state index in [0.29, 0.717) is 39.7 Å². The molecule has 0 bridgehead atoms.